The normalized spacial score (nSPS) is 12.0. The Hall–Kier alpha value is 2.19. The first-order valence-corrected chi connectivity index (χ1v) is 5.86. The van der Waals surface area contributed by atoms with Crippen molar-refractivity contribution in [3.63, 3.8) is 0 Å². The minimum atomic E-state index is 0.462. The highest BCUT2D eigenvalue weighted by Crippen LogP contribution is 2.39. The summed E-state index contributed by atoms with van der Waals surface area (Å²) in [5.74, 6) is 0. The third-order valence-corrected chi connectivity index (χ3v) is 2.43. The van der Waals surface area contributed by atoms with E-state index in [0.29, 0.717) is -0.565 Å². The van der Waals surface area contributed by atoms with Gasteiger partial charge in [-0.15, -0.1) is 0 Å². The fraction of sp³-hybridized carbons (Fsp3) is 1.00. The maximum atomic E-state index is 2.47. The van der Waals surface area contributed by atoms with Crippen molar-refractivity contribution in [3.05, 3.63) is 0 Å². The Morgan fingerprint density at radius 2 is 1.75 bits per heavy atom. The topological polar surface area (TPSA) is 0 Å². The smallest absolute Gasteiger partial charge is 0.0654 e. The van der Waals surface area contributed by atoms with E-state index in [1.54, 1.807) is 0 Å². The van der Waals surface area contributed by atoms with Gasteiger partial charge in [0.1, 0.15) is -0.565 Å². The third-order valence-electron chi connectivity index (χ3n) is 0.814. The van der Waals surface area contributed by atoms with Crippen molar-refractivity contribution >= 4 is 67.8 Å². The number of alkyl halides is 3. The van der Waals surface area contributed by atoms with Crippen molar-refractivity contribution in [1.29, 1.82) is 0 Å². The zero-order chi connectivity index (χ0) is 6.62. The van der Waals surface area contributed by atoms with Crippen molar-refractivity contribution in [3.8, 4) is 0 Å². The number of hydrogen-bond donors (Lipinski definition) is 0. The van der Waals surface area contributed by atoms with E-state index < -0.39 is 0 Å². The number of hydrogen-bond acceptors (Lipinski definition) is 0. The highest BCUT2D eigenvalue weighted by molar-refractivity contribution is 14.3. The lowest BCUT2D eigenvalue weighted by molar-refractivity contribution is 0.772. The molecule has 0 aromatic carbocycles. The molecular weight excluding hydrogens is 441 g/mol. The van der Waals surface area contributed by atoms with Gasteiger partial charge in [0.15, 0.2) is 0 Å². The minimum absolute atomic E-state index is 0.462. The molecule has 0 aliphatic carbocycles. The summed E-state index contributed by atoms with van der Waals surface area (Å²) in [5.41, 5.74) is 0. The molecular formula is C5H9I3. The molecule has 0 N–H and O–H groups in total. The average molecular weight is 450 g/mol. The molecule has 0 nitrogen and oxygen atoms in total. The second-order valence-electron chi connectivity index (χ2n) is 1.72. The largest absolute Gasteiger partial charge is 0.124 e. The quantitative estimate of drug-likeness (QED) is 0.449. The van der Waals surface area contributed by atoms with Gasteiger partial charge in [-0.2, -0.15) is 0 Å². The Kier molecular flexibility index (Phi) is 6.27. The zero-order valence-electron chi connectivity index (χ0n) is 4.76. The molecule has 0 aromatic rings. The summed E-state index contributed by atoms with van der Waals surface area (Å²) in [6.45, 7) is 2.23. The van der Waals surface area contributed by atoms with Crippen LogP contribution in [0.25, 0.3) is 0 Å². The lowest BCUT2D eigenvalue weighted by Crippen LogP contribution is -1.96. The second kappa shape index (κ2) is 4.92. The van der Waals surface area contributed by atoms with Crippen LogP contribution in [-0.4, -0.2) is -0.565 Å². The summed E-state index contributed by atoms with van der Waals surface area (Å²) >= 11 is 7.42. The summed E-state index contributed by atoms with van der Waals surface area (Å²) in [4.78, 5) is 0. The van der Waals surface area contributed by atoms with Gasteiger partial charge in [-0.25, -0.2) is 0 Å². The Morgan fingerprint density at radius 3 is 1.88 bits per heavy atom. The predicted molar refractivity (Wildman–Crippen MR) is 64.3 cm³/mol. The molecule has 0 bridgehead atoms. The number of unbranched alkanes of at least 4 members (excludes halogenated alkanes) is 1. The van der Waals surface area contributed by atoms with Gasteiger partial charge in [0.05, 0.1) is 0 Å². The standard InChI is InChI=1S/C5H9I3/c1-2-3-4-5(6,7)8/h2-4H2,1H3. The van der Waals surface area contributed by atoms with Crippen LogP contribution < -0.4 is 0 Å². The van der Waals surface area contributed by atoms with Gasteiger partial charge in [0.2, 0.25) is 0 Å². The maximum absolute atomic E-state index is 2.47. The van der Waals surface area contributed by atoms with Crippen LogP contribution >= 0.6 is 67.8 Å². The molecule has 0 saturated heterocycles. The van der Waals surface area contributed by atoms with E-state index in [1.807, 2.05) is 0 Å². The molecule has 0 spiro atoms. The zero-order valence-corrected chi connectivity index (χ0v) is 11.2. The van der Waals surface area contributed by atoms with E-state index in [-0.39, 0.29) is 0 Å². The van der Waals surface area contributed by atoms with Gasteiger partial charge >= 0.3 is 0 Å². The van der Waals surface area contributed by atoms with Crippen LogP contribution in [0.5, 0.6) is 0 Å². The lowest BCUT2D eigenvalue weighted by Gasteiger charge is -2.09. The molecule has 0 atom stereocenters. The summed E-state index contributed by atoms with van der Waals surface area (Å²) in [7, 11) is 0. The van der Waals surface area contributed by atoms with Crippen molar-refractivity contribution < 1.29 is 0 Å². The molecule has 0 aliphatic heterocycles. The van der Waals surface area contributed by atoms with Crippen molar-refractivity contribution in [2.45, 2.75) is 25.6 Å². The van der Waals surface area contributed by atoms with Gasteiger partial charge in [0, 0.05) is 0 Å². The second-order valence-corrected chi connectivity index (χ2v) is 13.4. The van der Waals surface area contributed by atoms with Crippen LogP contribution in [0, 0.1) is 0 Å². The SMILES string of the molecule is CCCCC(I)(I)I. The number of halogens is 3. The van der Waals surface area contributed by atoms with Gasteiger partial charge in [-0.05, 0) is 6.42 Å². The predicted octanol–water partition coefficient (Wildman–Crippen LogP) is 4.14. The molecule has 0 unspecified atom stereocenters. The van der Waals surface area contributed by atoms with Crippen LogP contribution in [-0.2, 0) is 0 Å². The molecule has 50 valence electrons. The molecule has 0 amide bonds. The lowest BCUT2D eigenvalue weighted by atomic mass is 10.3. The molecule has 0 fully saturated rings. The molecule has 0 aliphatic rings. The van der Waals surface area contributed by atoms with Crippen LogP contribution in [0.4, 0.5) is 0 Å². The average Bonchev–Trinajstić information content (AvgIpc) is 1.59. The minimum Gasteiger partial charge on any atom is -0.0654 e. The van der Waals surface area contributed by atoms with Crippen LogP contribution in [0.1, 0.15) is 26.2 Å². The molecule has 0 aromatic heterocycles. The Balaban J connectivity index is 3.11. The van der Waals surface area contributed by atoms with Crippen LogP contribution in [0.3, 0.4) is 0 Å². The first kappa shape index (κ1) is 10.2. The monoisotopic (exact) mass is 450 g/mol. The summed E-state index contributed by atoms with van der Waals surface area (Å²) in [5, 5.41) is 0. The van der Waals surface area contributed by atoms with E-state index in [1.165, 1.54) is 19.3 Å². The fourth-order valence-electron chi connectivity index (χ4n) is 0.377. The third kappa shape index (κ3) is 8.19. The van der Waals surface area contributed by atoms with Gasteiger partial charge < -0.3 is 0 Å². The molecule has 0 radical (unpaired) electrons. The molecule has 0 saturated carbocycles. The van der Waals surface area contributed by atoms with Crippen LogP contribution in [0.15, 0.2) is 0 Å². The molecule has 3 heteroatoms. The van der Waals surface area contributed by atoms with E-state index in [9.17, 15) is 0 Å². The first-order chi connectivity index (χ1) is 3.56. The Bertz CT molecular complexity index is 55.2. The maximum Gasteiger partial charge on any atom is 0.124 e. The van der Waals surface area contributed by atoms with Gasteiger partial charge in [-0.3, -0.25) is 0 Å². The fourth-order valence-corrected chi connectivity index (χ4v) is 1.52. The number of rotatable bonds is 3. The summed E-state index contributed by atoms with van der Waals surface area (Å²) in [6.07, 6.45) is 4.00. The van der Waals surface area contributed by atoms with Crippen molar-refractivity contribution in [2.75, 3.05) is 0 Å². The Morgan fingerprint density at radius 1 is 1.25 bits per heavy atom. The summed E-state index contributed by atoms with van der Waals surface area (Å²) < 4.78 is 0.462. The Labute approximate surface area is 92.0 Å². The molecule has 0 heterocycles. The van der Waals surface area contributed by atoms with Crippen molar-refractivity contribution in [2.24, 2.45) is 0 Å². The van der Waals surface area contributed by atoms with Gasteiger partial charge in [-0.1, -0.05) is 87.5 Å². The van der Waals surface area contributed by atoms with E-state index in [0.717, 1.165) is 0 Å². The van der Waals surface area contributed by atoms with E-state index in [4.69, 9.17) is 0 Å². The first-order valence-electron chi connectivity index (χ1n) is 2.63. The highest BCUT2D eigenvalue weighted by Gasteiger charge is 2.14. The summed E-state index contributed by atoms with van der Waals surface area (Å²) in [6, 6.07) is 0. The molecule has 0 rings (SSSR count). The van der Waals surface area contributed by atoms with Gasteiger partial charge in [0.25, 0.3) is 0 Å². The highest BCUT2D eigenvalue weighted by atomic mass is 127. The van der Waals surface area contributed by atoms with Crippen LogP contribution in [0.2, 0.25) is 0 Å². The van der Waals surface area contributed by atoms with E-state index >= 15 is 0 Å². The molecule has 8 heavy (non-hydrogen) atoms. The van der Waals surface area contributed by atoms with E-state index in [2.05, 4.69) is 74.7 Å². The van der Waals surface area contributed by atoms with Crippen molar-refractivity contribution in [1.82, 2.24) is 0 Å².